The van der Waals surface area contributed by atoms with Gasteiger partial charge in [-0.05, 0) is 24.7 Å². The van der Waals surface area contributed by atoms with Crippen molar-refractivity contribution in [1.82, 2.24) is 4.81 Å². The standard InChI is InChI=1S/C14H22BNO3/c1-7(2)9-5-11(16(15)13(9)17)12-6-10(8(3)4)14(18)19-12/h7-12H,5-6H2,1-4H3/t9?,10?,11-,12-/m0/s1. The predicted octanol–water partition coefficient (Wildman–Crippen LogP) is 1.53. The average molecular weight is 263 g/mol. The van der Waals surface area contributed by atoms with E-state index in [0.717, 1.165) is 0 Å². The topological polar surface area (TPSA) is 46.6 Å². The minimum Gasteiger partial charge on any atom is -0.460 e. The molecule has 19 heavy (non-hydrogen) atoms. The molecule has 0 aromatic heterocycles. The lowest BCUT2D eigenvalue weighted by Crippen LogP contribution is -2.39. The maximum atomic E-state index is 12.1. The van der Waals surface area contributed by atoms with E-state index in [-0.39, 0.29) is 47.7 Å². The summed E-state index contributed by atoms with van der Waals surface area (Å²) in [5.74, 6) is 0.250. The lowest BCUT2D eigenvalue weighted by molar-refractivity contribution is -0.147. The van der Waals surface area contributed by atoms with Gasteiger partial charge in [-0.15, -0.1) is 0 Å². The zero-order valence-corrected chi connectivity index (χ0v) is 12.1. The zero-order valence-electron chi connectivity index (χ0n) is 12.1. The summed E-state index contributed by atoms with van der Waals surface area (Å²) in [5, 5.41) is 0. The van der Waals surface area contributed by atoms with Crippen molar-refractivity contribution in [3.63, 3.8) is 0 Å². The van der Waals surface area contributed by atoms with Gasteiger partial charge in [0.1, 0.15) is 6.10 Å². The van der Waals surface area contributed by atoms with Gasteiger partial charge in [-0.1, -0.05) is 27.7 Å². The number of rotatable bonds is 3. The Bertz CT molecular complexity index is 383. The quantitative estimate of drug-likeness (QED) is 0.573. The number of hydrogen-bond acceptors (Lipinski definition) is 3. The lowest BCUT2D eigenvalue weighted by atomic mass is 9.87. The minimum atomic E-state index is -0.238. The molecule has 0 aromatic rings. The number of carbonyl (C=O) groups is 2. The molecule has 2 fully saturated rings. The van der Waals surface area contributed by atoms with E-state index in [2.05, 4.69) is 0 Å². The van der Waals surface area contributed by atoms with Crippen LogP contribution in [0.4, 0.5) is 0 Å². The maximum absolute atomic E-state index is 12.1. The van der Waals surface area contributed by atoms with E-state index in [1.165, 1.54) is 4.81 Å². The molecule has 2 unspecified atom stereocenters. The fourth-order valence-corrected chi connectivity index (χ4v) is 3.13. The molecular weight excluding hydrogens is 241 g/mol. The fraction of sp³-hybridized carbons (Fsp3) is 0.857. The summed E-state index contributed by atoms with van der Waals surface area (Å²) < 4.78 is 5.45. The van der Waals surface area contributed by atoms with Crippen molar-refractivity contribution < 1.29 is 14.3 Å². The molecule has 0 aromatic carbocycles. The number of esters is 1. The van der Waals surface area contributed by atoms with Crippen LogP contribution in [0.2, 0.25) is 0 Å². The first-order valence-corrected chi connectivity index (χ1v) is 7.11. The molecule has 2 saturated heterocycles. The van der Waals surface area contributed by atoms with E-state index >= 15 is 0 Å². The Morgan fingerprint density at radius 3 is 2.11 bits per heavy atom. The molecule has 4 nitrogen and oxygen atoms in total. The van der Waals surface area contributed by atoms with E-state index < -0.39 is 0 Å². The van der Waals surface area contributed by atoms with Crippen molar-refractivity contribution in [3.8, 4) is 0 Å². The second-order valence-corrected chi connectivity index (χ2v) is 6.46. The largest absolute Gasteiger partial charge is 0.460 e. The third kappa shape index (κ3) is 2.52. The highest BCUT2D eigenvalue weighted by molar-refractivity contribution is 6.15. The van der Waals surface area contributed by atoms with E-state index in [1.54, 1.807) is 0 Å². The molecule has 0 bridgehead atoms. The Kier molecular flexibility index (Phi) is 3.93. The van der Waals surface area contributed by atoms with Gasteiger partial charge >= 0.3 is 5.97 Å². The van der Waals surface area contributed by atoms with E-state index in [1.807, 2.05) is 27.7 Å². The van der Waals surface area contributed by atoms with Crippen LogP contribution in [-0.4, -0.2) is 36.8 Å². The van der Waals surface area contributed by atoms with Gasteiger partial charge in [-0.2, -0.15) is 0 Å². The monoisotopic (exact) mass is 263 g/mol. The van der Waals surface area contributed by atoms with Crippen LogP contribution in [0.3, 0.4) is 0 Å². The van der Waals surface area contributed by atoms with Crippen molar-refractivity contribution >= 4 is 19.9 Å². The lowest BCUT2D eigenvalue weighted by Gasteiger charge is -2.25. The van der Waals surface area contributed by atoms with Crippen molar-refractivity contribution in [2.45, 2.75) is 52.7 Å². The highest BCUT2D eigenvalue weighted by Gasteiger charge is 2.47. The number of nitrogens with zero attached hydrogens (tertiary/aromatic N) is 1. The summed E-state index contributed by atoms with van der Waals surface area (Å²) in [5.41, 5.74) is 0. The molecule has 0 spiro atoms. The van der Waals surface area contributed by atoms with Crippen molar-refractivity contribution in [2.75, 3.05) is 0 Å². The minimum absolute atomic E-state index is 0.0240. The van der Waals surface area contributed by atoms with Gasteiger partial charge < -0.3 is 9.55 Å². The first kappa shape index (κ1) is 14.4. The molecule has 0 saturated carbocycles. The first-order chi connectivity index (χ1) is 8.82. The van der Waals surface area contributed by atoms with Crippen LogP contribution in [0.5, 0.6) is 0 Å². The molecule has 2 rings (SSSR count). The highest BCUT2D eigenvalue weighted by Crippen LogP contribution is 2.37. The zero-order chi connectivity index (χ0) is 14.3. The molecule has 2 aliphatic heterocycles. The van der Waals surface area contributed by atoms with Crippen LogP contribution in [0.1, 0.15) is 40.5 Å². The van der Waals surface area contributed by atoms with Crippen molar-refractivity contribution in [2.24, 2.45) is 23.7 Å². The Morgan fingerprint density at radius 2 is 1.68 bits per heavy atom. The van der Waals surface area contributed by atoms with E-state index in [4.69, 9.17) is 12.7 Å². The second-order valence-electron chi connectivity index (χ2n) is 6.46. The Balaban J connectivity index is 2.08. The number of cyclic esters (lactones) is 1. The van der Waals surface area contributed by atoms with Gasteiger partial charge in [-0.25, -0.2) is 0 Å². The molecule has 2 heterocycles. The van der Waals surface area contributed by atoms with Crippen LogP contribution < -0.4 is 0 Å². The molecule has 0 aliphatic carbocycles. The third-order valence-electron chi connectivity index (χ3n) is 4.52. The van der Waals surface area contributed by atoms with Gasteiger partial charge in [0.15, 0.2) is 0 Å². The summed E-state index contributed by atoms with van der Waals surface area (Å²) in [7, 11) is 5.89. The summed E-state index contributed by atoms with van der Waals surface area (Å²) in [6.45, 7) is 8.09. The fourth-order valence-electron chi connectivity index (χ4n) is 3.13. The van der Waals surface area contributed by atoms with Gasteiger partial charge in [-0.3, -0.25) is 9.59 Å². The summed E-state index contributed by atoms with van der Waals surface area (Å²) >= 11 is 0. The number of hydrogen-bond donors (Lipinski definition) is 0. The van der Waals surface area contributed by atoms with Crippen molar-refractivity contribution in [3.05, 3.63) is 0 Å². The van der Waals surface area contributed by atoms with Gasteiger partial charge in [0.25, 0.3) is 0 Å². The van der Waals surface area contributed by atoms with Gasteiger partial charge in [0.2, 0.25) is 13.9 Å². The Hall–Kier alpha value is -0.995. The number of carbonyl (C=O) groups excluding carboxylic acids is 2. The predicted molar refractivity (Wildman–Crippen MR) is 72.2 cm³/mol. The Morgan fingerprint density at radius 1 is 1.11 bits per heavy atom. The summed E-state index contributed by atoms with van der Waals surface area (Å²) in [6.07, 6.45) is 1.13. The third-order valence-corrected chi connectivity index (χ3v) is 4.52. The maximum Gasteiger partial charge on any atom is 0.309 e. The molecule has 104 valence electrons. The van der Waals surface area contributed by atoms with Gasteiger partial charge in [0.05, 0.1) is 12.0 Å². The van der Waals surface area contributed by atoms with E-state index in [0.29, 0.717) is 12.8 Å². The molecule has 2 aliphatic rings. The summed E-state index contributed by atoms with van der Waals surface area (Å²) in [6, 6.07) is -0.160. The molecule has 2 radical (unpaired) electrons. The smallest absolute Gasteiger partial charge is 0.309 e. The van der Waals surface area contributed by atoms with Crippen molar-refractivity contribution in [1.29, 1.82) is 0 Å². The summed E-state index contributed by atoms with van der Waals surface area (Å²) in [4.78, 5) is 25.2. The van der Waals surface area contributed by atoms with Gasteiger partial charge in [0, 0.05) is 5.92 Å². The highest BCUT2D eigenvalue weighted by atomic mass is 16.6. The number of ether oxygens (including phenoxy) is 1. The second kappa shape index (κ2) is 5.18. The van der Waals surface area contributed by atoms with E-state index in [9.17, 15) is 9.59 Å². The Labute approximate surface area is 116 Å². The van der Waals surface area contributed by atoms with Crippen LogP contribution in [0.25, 0.3) is 0 Å². The molecule has 1 amide bonds. The van der Waals surface area contributed by atoms with Crippen LogP contribution in [-0.2, 0) is 14.3 Å². The molecule has 4 atom stereocenters. The normalized spacial score (nSPS) is 35.6. The van der Waals surface area contributed by atoms with Crippen LogP contribution in [0, 0.1) is 23.7 Å². The van der Waals surface area contributed by atoms with Crippen LogP contribution >= 0.6 is 0 Å². The molecular formula is C14H22BNO3. The molecule has 5 heteroatoms. The average Bonchev–Trinajstić information content (AvgIpc) is 2.82. The number of amides is 1. The first-order valence-electron chi connectivity index (χ1n) is 7.11. The molecule has 0 N–H and O–H groups in total. The van der Waals surface area contributed by atoms with Crippen LogP contribution in [0.15, 0.2) is 0 Å². The SMILES string of the molecule is [B]N1C(=O)C(C(C)C)C[C@H]1[C@@H]1CC(C(C)C)C(=O)O1.